The Hall–Kier alpha value is -1.59. The number of carbonyl (C=O) groups is 1. The Morgan fingerprint density at radius 1 is 1.45 bits per heavy atom. The second-order valence-electron chi connectivity index (χ2n) is 5.81. The largest absolute Gasteiger partial charge is 0.494 e. The zero-order chi connectivity index (χ0) is 15.9. The number of nitrogens with one attached hydrogen (secondary N) is 1. The molecule has 0 unspecified atom stereocenters. The van der Waals surface area contributed by atoms with Crippen LogP contribution >= 0.6 is 0 Å². The first-order valence-corrected chi connectivity index (χ1v) is 7.95. The first kappa shape index (κ1) is 16.8. The fourth-order valence-electron chi connectivity index (χ4n) is 3.06. The van der Waals surface area contributed by atoms with Crippen molar-refractivity contribution in [1.82, 2.24) is 10.2 Å². The highest BCUT2D eigenvalue weighted by molar-refractivity contribution is 5.73. The molecule has 2 atom stereocenters. The van der Waals surface area contributed by atoms with Crippen LogP contribution in [0.3, 0.4) is 0 Å². The lowest BCUT2D eigenvalue weighted by Crippen LogP contribution is -2.51. The van der Waals surface area contributed by atoms with Crippen LogP contribution in [0.4, 0.5) is 0 Å². The first-order valence-electron chi connectivity index (χ1n) is 7.95. The Balaban J connectivity index is 1.99. The fourth-order valence-corrected chi connectivity index (χ4v) is 3.06. The topological polar surface area (TPSA) is 61.8 Å². The van der Waals surface area contributed by atoms with Gasteiger partial charge in [-0.05, 0) is 19.4 Å². The molecule has 1 amide bonds. The number of piperidine rings is 1. The molecule has 22 heavy (non-hydrogen) atoms. The molecule has 1 aromatic rings. The van der Waals surface area contributed by atoms with Crippen LogP contribution in [-0.2, 0) is 11.3 Å². The zero-order valence-electron chi connectivity index (χ0n) is 13.4. The van der Waals surface area contributed by atoms with Gasteiger partial charge in [0.2, 0.25) is 5.91 Å². The van der Waals surface area contributed by atoms with Crippen molar-refractivity contribution >= 4 is 5.91 Å². The SMILES string of the molecule is CCOc1ccccc1CN1CC[C@@H](NC(C)=O)[C@@H](CO)C1. The molecule has 1 aliphatic heterocycles. The summed E-state index contributed by atoms with van der Waals surface area (Å²) >= 11 is 0. The summed E-state index contributed by atoms with van der Waals surface area (Å²) in [5.41, 5.74) is 1.17. The molecule has 5 heteroatoms. The number of hydrogen-bond donors (Lipinski definition) is 2. The molecule has 1 saturated heterocycles. The molecule has 0 aliphatic carbocycles. The van der Waals surface area contributed by atoms with Gasteiger partial charge in [0, 0.05) is 50.7 Å². The molecule has 0 aromatic heterocycles. The summed E-state index contributed by atoms with van der Waals surface area (Å²) in [6.45, 7) is 6.75. The van der Waals surface area contributed by atoms with Gasteiger partial charge < -0.3 is 15.2 Å². The van der Waals surface area contributed by atoms with E-state index in [9.17, 15) is 9.90 Å². The van der Waals surface area contributed by atoms with Crippen LogP contribution in [0, 0.1) is 5.92 Å². The van der Waals surface area contributed by atoms with Crippen LogP contribution in [0.1, 0.15) is 25.8 Å². The highest BCUT2D eigenvalue weighted by Crippen LogP contribution is 2.23. The number of rotatable bonds is 6. The third-order valence-corrected chi connectivity index (χ3v) is 4.11. The van der Waals surface area contributed by atoms with Crippen molar-refractivity contribution in [3.8, 4) is 5.75 Å². The standard InChI is InChI=1S/C17H26N2O3/c1-3-22-17-7-5-4-6-14(17)10-19-9-8-16(18-13(2)21)15(11-19)12-20/h4-7,15-16,20H,3,8-12H2,1-2H3,(H,18,21)/t15-,16-/m1/s1. The molecule has 5 nitrogen and oxygen atoms in total. The van der Waals surface area contributed by atoms with E-state index in [-0.39, 0.29) is 24.5 Å². The summed E-state index contributed by atoms with van der Waals surface area (Å²) in [6, 6.07) is 8.14. The number of aliphatic hydroxyl groups is 1. The number of ether oxygens (including phenoxy) is 1. The van der Waals surface area contributed by atoms with Gasteiger partial charge in [0.05, 0.1) is 6.61 Å². The van der Waals surface area contributed by atoms with Crippen molar-refractivity contribution in [2.45, 2.75) is 32.9 Å². The van der Waals surface area contributed by atoms with Gasteiger partial charge in [-0.1, -0.05) is 18.2 Å². The highest BCUT2D eigenvalue weighted by Gasteiger charge is 2.29. The van der Waals surface area contributed by atoms with Gasteiger partial charge in [0.1, 0.15) is 5.75 Å². The number of benzene rings is 1. The monoisotopic (exact) mass is 306 g/mol. The minimum atomic E-state index is -0.0291. The van der Waals surface area contributed by atoms with E-state index < -0.39 is 0 Å². The molecule has 0 spiro atoms. The normalized spacial score (nSPS) is 22.3. The van der Waals surface area contributed by atoms with E-state index in [4.69, 9.17) is 4.74 Å². The third-order valence-electron chi connectivity index (χ3n) is 4.11. The molecule has 0 saturated carbocycles. The molecule has 0 bridgehead atoms. The van der Waals surface area contributed by atoms with Gasteiger partial charge in [0.25, 0.3) is 0 Å². The van der Waals surface area contributed by atoms with Crippen molar-refractivity contribution in [3.05, 3.63) is 29.8 Å². The summed E-state index contributed by atoms with van der Waals surface area (Å²) in [4.78, 5) is 13.6. The van der Waals surface area contributed by atoms with E-state index >= 15 is 0 Å². The van der Waals surface area contributed by atoms with E-state index in [1.807, 2.05) is 25.1 Å². The Labute approximate surface area is 132 Å². The molecule has 1 aromatic carbocycles. The van der Waals surface area contributed by atoms with Crippen molar-refractivity contribution in [3.63, 3.8) is 0 Å². The van der Waals surface area contributed by atoms with Crippen LogP contribution in [0.2, 0.25) is 0 Å². The molecule has 2 rings (SSSR count). The molecular formula is C17H26N2O3. The Morgan fingerprint density at radius 2 is 2.23 bits per heavy atom. The minimum Gasteiger partial charge on any atom is -0.494 e. The number of amides is 1. The van der Waals surface area contributed by atoms with Crippen LogP contribution < -0.4 is 10.1 Å². The Morgan fingerprint density at radius 3 is 2.91 bits per heavy atom. The second kappa shape index (κ2) is 8.15. The second-order valence-corrected chi connectivity index (χ2v) is 5.81. The van der Waals surface area contributed by atoms with E-state index in [1.54, 1.807) is 0 Å². The predicted molar refractivity (Wildman–Crippen MR) is 85.7 cm³/mol. The number of likely N-dealkylation sites (tertiary alicyclic amines) is 1. The van der Waals surface area contributed by atoms with Gasteiger partial charge in [-0.2, -0.15) is 0 Å². The third kappa shape index (κ3) is 4.45. The first-order chi connectivity index (χ1) is 10.6. The van der Waals surface area contributed by atoms with Gasteiger partial charge >= 0.3 is 0 Å². The zero-order valence-corrected chi connectivity index (χ0v) is 13.4. The lowest BCUT2D eigenvalue weighted by Gasteiger charge is -2.38. The summed E-state index contributed by atoms with van der Waals surface area (Å²) < 4.78 is 5.67. The molecule has 2 N–H and O–H groups in total. The quantitative estimate of drug-likeness (QED) is 0.834. The van der Waals surface area contributed by atoms with Gasteiger partial charge in [-0.3, -0.25) is 9.69 Å². The maximum atomic E-state index is 11.2. The van der Waals surface area contributed by atoms with Gasteiger partial charge in [-0.25, -0.2) is 0 Å². The maximum absolute atomic E-state index is 11.2. The Bertz CT molecular complexity index is 493. The van der Waals surface area contributed by atoms with E-state index in [0.29, 0.717) is 6.61 Å². The number of carbonyl (C=O) groups excluding carboxylic acids is 1. The van der Waals surface area contributed by atoms with E-state index in [1.165, 1.54) is 12.5 Å². The smallest absolute Gasteiger partial charge is 0.217 e. The van der Waals surface area contributed by atoms with Crippen molar-refractivity contribution in [2.24, 2.45) is 5.92 Å². The average Bonchev–Trinajstić information content (AvgIpc) is 2.50. The van der Waals surface area contributed by atoms with Crippen molar-refractivity contribution in [1.29, 1.82) is 0 Å². The van der Waals surface area contributed by atoms with E-state index in [0.717, 1.165) is 31.8 Å². The maximum Gasteiger partial charge on any atom is 0.217 e. The average molecular weight is 306 g/mol. The highest BCUT2D eigenvalue weighted by atomic mass is 16.5. The number of nitrogens with zero attached hydrogens (tertiary/aromatic N) is 1. The summed E-state index contributed by atoms with van der Waals surface area (Å²) in [7, 11) is 0. The van der Waals surface area contributed by atoms with E-state index in [2.05, 4.69) is 16.3 Å². The number of para-hydroxylation sites is 1. The molecule has 1 heterocycles. The number of hydrogen-bond acceptors (Lipinski definition) is 4. The summed E-state index contributed by atoms with van der Waals surface area (Å²) in [5, 5.41) is 12.5. The van der Waals surface area contributed by atoms with Gasteiger partial charge in [0.15, 0.2) is 0 Å². The Kier molecular flexibility index (Phi) is 6.21. The molecule has 1 fully saturated rings. The lowest BCUT2D eigenvalue weighted by molar-refractivity contribution is -0.120. The molecule has 122 valence electrons. The fraction of sp³-hybridized carbons (Fsp3) is 0.588. The van der Waals surface area contributed by atoms with Crippen LogP contribution in [0.15, 0.2) is 24.3 Å². The molecule has 1 aliphatic rings. The summed E-state index contributed by atoms with van der Waals surface area (Å²) in [6.07, 6.45) is 0.863. The lowest BCUT2D eigenvalue weighted by atomic mass is 9.92. The van der Waals surface area contributed by atoms with Crippen molar-refractivity contribution in [2.75, 3.05) is 26.3 Å². The van der Waals surface area contributed by atoms with Crippen LogP contribution in [-0.4, -0.2) is 48.3 Å². The molecular weight excluding hydrogens is 280 g/mol. The van der Waals surface area contributed by atoms with Crippen LogP contribution in [0.5, 0.6) is 5.75 Å². The van der Waals surface area contributed by atoms with Crippen molar-refractivity contribution < 1.29 is 14.6 Å². The van der Waals surface area contributed by atoms with Gasteiger partial charge in [-0.15, -0.1) is 0 Å². The predicted octanol–water partition coefficient (Wildman–Crippen LogP) is 1.40. The minimum absolute atomic E-state index is 0.0291. The number of aliphatic hydroxyl groups excluding tert-OH is 1. The molecule has 0 radical (unpaired) electrons. The summed E-state index contributed by atoms with van der Waals surface area (Å²) in [5.74, 6) is 0.977. The van der Waals surface area contributed by atoms with Crippen LogP contribution in [0.25, 0.3) is 0 Å².